The topological polar surface area (TPSA) is 0 Å². The van der Waals surface area contributed by atoms with E-state index < -0.39 is 0 Å². The molecular weight excluding hydrogens is 877 g/mol. The van der Waals surface area contributed by atoms with Gasteiger partial charge >= 0.3 is 0 Å². The fraction of sp³-hybridized carbons (Fsp3) is 0.479. The second kappa shape index (κ2) is 17.8. The highest BCUT2D eigenvalue weighted by molar-refractivity contribution is 5.90. The van der Waals surface area contributed by atoms with Crippen molar-refractivity contribution in [1.82, 2.24) is 0 Å². The van der Waals surface area contributed by atoms with E-state index in [0.29, 0.717) is 35.5 Å². The monoisotopic (exact) mass is 965 g/mol. The zero-order chi connectivity index (χ0) is 51.7. The van der Waals surface area contributed by atoms with Crippen LogP contribution in [0.4, 0.5) is 0 Å². The zero-order valence-corrected chi connectivity index (χ0v) is 47.8. The maximum Gasteiger partial charge on any atom is 0.0186 e. The maximum absolute atomic E-state index is 2.76. The van der Waals surface area contributed by atoms with E-state index in [1.165, 1.54) is 74.9 Å². The van der Waals surface area contributed by atoms with Gasteiger partial charge in [0.15, 0.2) is 0 Å². The first kappa shape index (κ1) is 50.2. The molecule has 0 bridgehead atoms. The zero-order valence-electron chi connectivity index (χ0n) is 47.8. The summed E-state index contributed by atoms with van der Waals surface area (Å²) in [5.41, 5.74) is 29.6. The van der Waals surface area contributed by atoms with Crippen molar-refractivity contribution in [2.24, 2.45) is 45.8 Å². The highest BCUT2D eigenvalue weighted by Gasteiger charge is 2.44. The van der Waals surface area contributed by atoms with Crippen LogP contribution in [0.25, 0.3) is 34.9 Å². The van der Waals surface area contributed by atoms with Crippen LogP contribution in [-0.2, 0) is 23.7 Å². The predicted molar refractivity (Wildman–Crippen MR) is 317 cm³/mol. The summed E-state index contributed by atoms with van der Waals surface area (Å²) in [5.74, 6) is 2.76. The van der Waals surface area contributed by atoms with Gasteiger partial charge in [0.1, 0.15) is 0 Å². The van der Waals surface area contributed by atoms with E-state index in [1.54, 1.807) is 50.1 Å². The number of hydrogen-bond acceptors (Lipinski definition) is 0. The fourth-order valence-electron chi connectivity index (χ4n) is 14.8. The third-order valence-corrected chi connectivity index (χ3v) is 19.7. The van der Waals surface area contributed by atoms with Gasteiger partial charge in [0.05, 0.1) is 0 Å². The first-order valence-corrected chi connectivity index (χ1v) is 28.9. The SMILES string of the molecule is CCC(C)CC1(C)C2=C(CCC(C3=Cc4c5c(cc(-c6cc(C(C)(C)C)cc7c6CC(C(C)(C)C)C=C7)c4CC3)C3CC=CC=C3C(C3C=C(C(C)(C)C)C=C4C=CC(C(C)(C)C)CC43)=C5)=C2)c2ccccc21. The van der Waals surface area contributed by atoms with Crippen LogP contribution in [0.3, 0.4) is 0 Å². The second-order valence-corrected chi connectivity index (χ2v) is 28.7. The molecule has 0 aromatic heterocycles. The van der Waals surface area contributed by atoms with E-state index in [-0.39, 0.29) is 27.1 Å². The van der Waals surface area contributed by atoms with E-state index in [1.807, 2.05) is 0 Å². The van der Waals surface area contributed by atoms with Crippen LogP contribution < -0.4 is 0 Å². The molecule has 0 amide bonds. The van der Waals surface area contributed by atoms with E-state index in [4.69, 9.17) is 0 Å². The molecule has 0 nitrogen and oxygen atoms in total. The van der Waals surface area contributed by atoms with Crippen LogP contribution in [-0.4, -0.2) is 0 Å². The normalized spacial score (nSPS) is 26.7. The summed E-state index contributed by atoms with van der Waals surface area (Å²) < 4.78 is 0. The van der Waals surface area contributed by atoms with Crippen LogP contribution in [0.1, 0.15) is 205 Å². The summed E-state index contributed by atoms with van der Waals surface area (Å²) in [6.45, 7) is 36.6. The quantitative estimate of drug-likeness (QED) is 0.231. The molecule has 0 N–H and O–H groups in total. The average Bonchev–Trinajstić information content (AvgIpc) is 3.59. The third-order valence-electron chi connectivity index (χ3n) is 19.7. The minimum Gasteiger partial charge on any atom is -0.0836 e. The molecule has 0 spiro atoms. The molecule has 7 atom stereocenters. The molecule has 0 radical (unpaired) electrons. The van der Waals surface area contributed by atoms with Gasteiger partial charge in [-0.1, -0.05) is 214 Å². The summed E-state index contributed by atoms with van der Waals surface area (Å²) in [6.07, 6.45) is 41.1. The van der Waals surface area contributed by atoms with Gasteiger partial charge in [-0.15, -0.1) is 0 Å². The highest BCUT2D eigenvalue weighted by atomic mass is 14.5. The van der Waals surface area contributed by atoms with Crippen LogP contribution in [0.5, 0.6) is 0 Å². The Labute approximate surface area is 443 Å². The van der Waals surface area contributed by atoms with Crippen molar-refractivity contribution < 1.29 is 0 Å². The van der Waals surface area contributed by atoms with Crippen molar-refractivity contribution in [3.63, 3.8) is 0 Å². The Morgan fingerprint density at radius 1 is 0.685 bits per heavy atom. The number of benzene rings is 3. The van der Waals surface area contributed by atoms with Gasteiger partial charge < -0.3 is 0 Å². The lowest BCUT2D eigenvalue weighted by molar-refractivity contribution is 0.234. The molecule has 3 aromatic carbocycles. The summed E-state index contributed by atoms with van der Waals surface area (Å²) in [7, 11) is 0. The molecule has 7 unspecified atom stereocenters. The Kier molecular flexibility index (Phi) is 12.3. The molecule has 0 fully saturated rings. The molecule has 8 aliphatic rings. The molecule has 73 heavy (non-hydrogen) atoms. The molecular formula is C73H88. The molecule has 8 aliphatic carbocycles. The van der Waals surface area contributed by atoms with Crippen LogP contribution in [0, 0.1) is 45.8 Å². The summed E-state index contributed by atoms with van der Waals surface area (Å²) in [5, 5.41) is 0. The first-order valence-electron chi connectivity index (χ1n) is 28.9. The Hall–Kier alpha value is -4.94. The number of fused-ring (bicyclic) bond motifs is 9. The molecule has 0 heterocycles. The molecule has 11 rings (SSSR count). The molecule has 0 heteroatoms. The largest absolute Gasteiger partial charge is 0.0836 e. The van der Waals surface area contributed by atoms with Gasteiger partial charge in [0, 0.05) is 17.3 Å². The lowest BCUT2D eigenvalue weighted by Crippen LogP contribution is -2.33. The number of rotatable bonds is 6. The Morgan fingerprint density at radius 3 is 2.12 bits per heavy atom. The van der Waals surface area contributed by atoms with Gasteiger partial charge in [-0.3, -0.25) is 0 Å². The lowest BCUT2D eigenvalue weighted by Gasteiger charge is -2.44. The van der Waals surface area contributed by atoms with E-state index in [9.17, 15) is 0 Å². The van der Waals surface area contributed by atoms with E-state index in [2.05, 4.69) is 219 Å². The number of hydrogen-bond donors (Lipinski definition) is 0. The fourth-order valence-corrected chi connectivity index (χ4v) is 14.8. The van der Waals surface area contributed by atoms with E-state index in [0.717, 1.165) is 38.5 Å². The molecule has 0 saturated heterocycles. The van der Waals surface area contributed by atoms with Crippen LogP contribution in [0.15, 0.2) is 136 Å². The minimum atomic E-state index is 0.0267. The van der Waals surface area contributed by atoms with Gasteiger partial charge in [0.25, 0.3) is 0 Å². The average molecular weight is 966 g/mol. The number of allylic oxidation sites excluding steroid dienone is 17. The predicted octanol–water partition coefficient (Wildman–Crippen LogP) is 20.2. The second-order valence-electron chi connectivity index (χ2n) is 28.7. The minimum absolute atomic E-state index is 0.0267. The standard InChI is InChI=1S/C73H88/c1-16-44(2)43-73(15)67-24-20-19-23-56(67)57-32-28-46(36-68(57)73)45-27-31-55-60(35-45)66-42-63(61-39-51(71(9,10)11)33-47-25-29-49(37-58(47)61)69(3,4)5)53-21-17-18-22-54(53)64(66)41-65(55)62-40-52(72(12,13)14)34-48-26-30-50(38-59(48)62)70(6,7)8/h17-21,23-26,29-30,33-36,39-42,44,49-50,54,58,61H,16,22,27-28,31-32,37-38,43H2,1-15H3. The maximum atomic E-state index is 2.76. The van der Waals surface area contributed by atoms with Crippen molar-refractivity contribution in [2.45, 2.75) is 178 Å². The van der Waals surface area contributed by atoms with Crippen molar-refractivity contribution in [3.8, 4) is 11.1 Å². The van der Waals surface area contributed by atoms with Crippen LogP contribution in [0.2, 0.25) is 0 Å². The smallest absolute Gasteiger partial charge is 0.0186 e. The third kappa shape index (κ3) is 8.76. The Bertz CT molecular complexity index is 3110. The van der Waals surface area contributed by atoms with Crippen molar-refractivity contribution in [2.75, 3.05) is 0 Å². The summed E-state index contributed by atoms with van der Waals surface area (Å²) in [6, 6.07) is 17.4. The van der Waals surface area contributed by atoms with Crippen molar-refractivity contribution in [3.05, 3.63) is 186 Å². The van der Waals surface area contributed by atoms with Crippen LogP contribution >= 0.6 is 0 Å². The summed E-state index contributed by atoms with van der Waals surface area (Å²) in [4.78, 5) is 0. The van der Waals surface area contributed by atoms with E-state index >= 15 is 0 Å². The molecule has 3 aromatic rings. The highest BCUT2D eigenvalue weighted by Crippen LogP contribution is 2.58. The van der Waals surface area contributed by atoms with Crippen molar-refractivity contribution in [1.29, 1.82) is 0 Å². The van der Waals surface area contributed by atoms with Gasteiger partial charge in [0.2, 0.25) is 0 Å². The van der Waals surface area contributed by atoms with Gasteiger partial charge in [-0.2, -0.15) is 0 Å². The Balaban J connectivity index is 1.15. The molecule has 380 valence electrons. The molecule has 0 aliphatic heterocycles. The first-order chi connectivity index (χ1) is 34.4. The summed E-state index contributed by atoms with van der Waals surface area (Å²) >= 11 is 0. The lowest BCUT2D eigenvalue weighted by atomic mass is 9.60. The Morgan fingerprint density at radius 2 is 1.40 bits per heavy atom. The van der Waals surface area contributed by atoms with Gasteiger partial charge in [-0.25, -0.2) is 0 Å². The van der Waals surface area contributed by atoms with Gasteiger partial charge in [-0.05, 0) is 215 Å². The van der Waals surface area contributed by atoms with Crippen molar-refractivity contribution >= 4 is 23.8 Å². The molecule has 0 saturated carbocycles.